The Balaban J connectivity index is 0.000000771. The Morgan fingerprint density at radius 2 is 2.33 bits per heavy atom. The van der Waals surface area contributed by atoms with Crippen molar-refractivity contribution in [1.29, 1.82) is 0 Å². The van der Waals surface area contributed by atoms with E-state index in [0.717, 1.165) is 10.7 Å². The zero-order valence-electron chi connectivity index (χ0n) is 10.7. The van der Waals surface area contributed by atoms with Gasteiger partial charge in [-0.3, -0.25) is 9.72 Å². The number of nitrogens with zero attached hydrogens (tertiary/aromatic N) is 2. The van der Waals surface area contributed by atoms with Gasteiger partial charge in [-0.1, -0.05) is 13.8 Å². The average molecular weight is 271 g/mol. The van der Waals surface area contributed by atoms with Gasteiger partial charge in [0.05, 0.1) is 5.69 Å². The van der Waals surface area contributed by atoms with Crippen molar-refractivity contribution >= 4 is 22.4 Å². The molecule has 1 amide bonds. The Morgan fingerprint density at radius 1 is 1.56 bits per heavy atom. The van der Waals surface area contributed by atoms with Crippen LogP contribution in [-0.4, -0.2) is 29.3 Å². The smallest absolute Gasteiger partial charge is 0.409 e. The number of ether oxygens (including phenoxy) is 2. The molecular weight excluding hydrogens is 254 g/mol. The van der Waals surface area contributed by atoms with Crippen molar-refractivity contribution in [3.05, 3.63) is 23.5 Å². The van der Waals surface area contributed by atoms with Crippen LogP contribution in [0.5, 0.6) is 0 Å². The lowest BCUT2D eigenvalue weighted by Gasteiger charge is -2.03. The van der Waals surface area contributed by atoms with Gasteiger partial charge in [-0.15, -0.1) is 11.3 Å². The molecule has 100 valence electrons. The molecule has 0 aliphatic rings. The predicted molar refractivity (Wildman–Crippen MR) is 69.6 cm³/mol. The fourth-order valence-electron chi connectivity index (χ4n) is 1.17. The summed E-state index contributed by atoms with van der Waals surface area (Å²) in [6.07, 6.45) is 3.22. The number of methoxy groups -OCH3 is 1. The molecule has 0 aliphatic carbocycles. The van der Waals surface area contributed by atoms with Gasteiger partial charge in [-0.25, -0.2) is 9.78 Å². The van der Waals surface area contributed by atoms with Crippen molar-refractivity contribution in [3.63, 3.8) is 0 Å². The highest BCUT2D eigenvalue weighted by atomic mass is 32.1. The van der Waals surface area contributed by atoms with E-state index in [2.05, 4.69) is 15.0 Å². The highest BCUT2D eigenvalue weighted by molar-refractivity contribution is 7.15. The van der Waals surface area contributed by atoms with Gasteiger partial charge < -0.3 is 9.47 Å². The van der Waals surface area contributed by atoms with Gasteiger partial charge in [-0.05, 0) is 0 Å². The molecule has 18 heavy (non-hydrogen) atoms. The molecule has 0 radical (unpaired) electrons. The minimum atomic E-state index is -0.516. The predicted octanol–water partition coefficient (Wildman–Crippen LogP) is 2.25. The highest BCUT2D eigenvalue weighted by Gasteiger charge is 2.05. The number of hydrogen-bond acceptors (Lipinski definition) is 5. The molecular formula is C11H17N3O3S. The lowest BCUT2D eigenvalue weighted by atomic mass is 10.5. The van der Waals surface area contributed by atoms with Crippen LogP contribution in [0.15, 0.2) is 17.8 Å². The molecule has 6 nitrogen and oxygen atoms in total. The van der Waals surface area contributed by atoms with Crippen molar-refractivity contribution in [2.45, 2.75) is 20.5 Å². The number of hydrogen-bond donors (Lipinski definition) is 1. The first-order valence-corrected chi connectivity index (χ1v) is 6.48. The van der Waals surface area contributed by atoms with Crippen LogP contribution in [0, 0.1) is 0 Å². The molecule has 1 N–H and O–H groups in total. The van der Waals surface area contributed by atoms with Crippen LogP contribution in [0.4, 0.5) is 4.79 Å². The highest BCUT2D eigenvalue weighted by Crippen LogP contribution is 2.11. The minimum absolute atomic E-state index is 0.136. The van der Waals surface area contributed by atoms with Crippen LogP contribution in [-0.2, 0) is 16.1 Å². The summed E-state index contributed by atoms with van der Waals surface area (Å²) in [6, 6.07) is 0. The number of aromatic nitrogens is 2. The van der Waals surface area contributed by atoms with Gasteiger partial charge in [0.25, 0.3) is 0 Å². The average Bonchev–Trinajstić information content (AvgIpc) is 2.97. The van der Waals surface area contributed by atoms with E-state index in [9.17, 15) is 4.79 Å². The van der Waals surface area contributed by atoms with E-state index < -0.39 is 6.09 Å². The van der Waals surface area contributed by atoms with Crippen molar-refractivity contribution < 1.29 is 14.3 Å². The molecule has 7 heteroatoms. The molecule has 2 aromatic heterocycles. The maximum absolute atomic E-state index is 11.1. The summed E-state index contributed by atoms with van der Waals surface area (Å²) in [5.74, 6) is 0. The monoisotopic (exact) mass is 271 g/mol. The molecule has 2 aromatic rings. The third-order valence-electron chi connectivity index (χ3n) is 1.86. The Bertz CT molecular complexity index is 452. The summed E-state index contributed by atoms with van der Waals surface area (Å²) in [5, 5.41) is 4.36. The SMILES string of the molecule is CC.COCNC(=O)OCc1cn2ccsc2n1. The standard InChI is InChI=1S/C9H11N3O3S.C2H6/c1-14-6-10-9(13)15-5-7-4-12-2-3-16-8(12)11-7;1-2/h2-4H,5-6H2,1H3,(H,10,13);1-2H3. The van der Waals surface area contributed by atoms with E-state index in [0.29, 0.717) is 0 Å². The molecule has 0 bridgehead atoms. The number of carbonyl (C=O) groups is 1. The van der Waals surface area contributed by atoms with E-state index in [-0.39, 0.29) is 13.3 Å². The minimum Gasteiger partial charge on any atom is -0.443 e. The molecule has 0 aromatic carbocycles. The number of rotatable bonds is 4. The maximum atomic E-state index is 11.1. The lowest BCUT2D eigenvalue weighted by molar-refractivity contribution is 0.114. The number of thiazole rings is 1. The number of amides is 1. The Morgan fingerprint density at radius 3 is 3.00 bits per heavy atom. The zero-order valence-corrected chi connectivity index (χ0v) is 11.5. The Hall–Kier alpha value is -1.60. The molecule has 0 atom stereocenters. The van der Waals surface area contributed by atoms with Crippen LogP contribution >= 0.6 is 11.3 Å². The molecule has 2 rings (SSSR count). The zero-order chi connectivity index (χ0) is 13.4. The Labute approximate surface area is 110 Å². The molecule has 0 saturated carbocycles. The number of alkyl carbamates (subject to hydrolysis) is 1. The van der Waals surface area contributed by atoms with Gasteiger partial charge in [0, 0.05) is 24.9 Å². The molecule has 0 fully saturated rings. The number of carbonyl (C=O) groups excluding carboxylic acids is 1. The molecule has 0 spiro atoms. The topological polar surface area (TPSA) is 64.9 Å². The third kappa shape index (κ3) is 4.01. The van der Waals surface area contributed by atoms with Gasteiger partial charge in [0.1, 0.15) is 13.3 Å². The first-order valence-electron chi connectivity index (χ1n) is 5.60. The second-order valence-electron chi connectivity index (χ2n) is 3.01. The molecule has 2 heterocycles. The van der Waals surface area contributed by atoms with Crippen LogP contribution in [0.25, 0.3) is 4.96 Å². The summed E-state index contributed by atoms with van der Waals surface area (Å²) in [5.41, 5.74) is 0.722. The number of imidazole rings is 1. The van der Waals surface area contributed by atoms with Crippen LogP contribution < -0.4 is 5.32 Å². The van der Waals surface area contributed by atoms with Crippen molar-refractivity contribution in [2.24, 2.45) is 0 Å². The van der Waals surface area contributed by atoms with E-state index in [4.69, 9.17) is 4.74 Å². The fraction of sp³-hybridized carbons (Fsp3) is 0.455. The quantitative estimate of drug-likeness (QED) is 0.866. The van der Waals surface area contributed by atoms with Crippen molar-refractivity contribution in [3.8, 4) is 0 Å². The number of fused-ring (bicyclic) bond motifs is 1. The van der Waals surface area contributed by atoms with E-state index in [1.807, 2.05) is 36.0 Å². The van der Waals surface area contributed by atoms with Crippen LogP contribution in [0.2, 0.25) is 0 Å². The summed E-state index contributed by atoms with van der Waals surface area (Å²) < 4.78 is 11.5. The van der Waals surface area contributed by atoms with Crippen LogP contribution in [0.3, 0.4) is 0 Å². The first-order chi connectivity index (χ1) is 8.79. The number of nitrogens with one attached hydrogen (secondary N) is 1. The third-order valence-corrected chi connectivity index (χ3v) is 2.63. The second-order valence-corrected chi connectivity index (χ2v) is 3.88. The largest absolute Gasteiger partial charge is 0.443 e. The van der Waals surface area contributed by atoms with Gasteiger partial charge in [0.15, 0.2) is 4.96 Å². The molecule has 0 aliphatic heterocycles. The lowest BCUT2D eigenvalue weighted by Crippen LogP contribution is -2.26. The summed E-state index contributed by atoms with van der Waals surface area (Å²) in [7, 11) is 1.49. The van der Waals surface area contributed by atoms with Gasteiger partial charge in [-0.2, -0.15) is 0 Å². The maximum Gasteiger partial charge on any atom is 0.409 e. The van der Waals surface area contributed by atoms with Crippen molar-refractivity contribution in [2.75, 3.05) is 13.8 Å². The normalized spacial score (nSPS) is 9.72. The first kappa shape index (κ1) is 14.5. The molecule has 0 unspecified atom stereocenters. The molecule has 0 saturated heterocycles. The van der Waals surface area contributed by atoms with Gasteiger partial charge >= 0.3 is 6.09 Å². The summed E-state index contributed by atoms with van der Waals surface area (Å²) in [6.45, 7) is 4.29. The summed E-state index contributed by atoms with van der Waals surface area (Å²) in [4.78, 5) is 16.2. The van der Waals surface area contributed by atoms with E-state index in [1.165, 1.54) is 18.4 Å². The fourth-order valence-corrected chi connectivity index (χ4v) is 1.89. The van der Waals surface area contributed by atoms with Crippen molar-refractivity contribution in [1.82, 2.24) is 14.7 Å². The second kappa shape index (κ2) is 7.67. The van der Waals surface area contributed by atoms with E-state index in [1.54, 1.807) is 0 Å². The van der Waals surface area contributed by atoms with Crippen LogP contribution in [0.1, 0.15) is 19.5 Å². The van der Waals surface area contributed by atoms with E-state index >= 15 is 0 Å². The Kier molecular flexibility index (Phi) is 6.16. The summed E-state index contributed by atoms with van der Waals surface area (Å²) >= 11 is 1.53. The van der Waals surface area contributed by atoms with Gasteiger partial charge in [0.2, 0.25) is 0 Å².